The van der Waals surface area contributed by atoms with Crippen molar-refractivity contribution in [1.82, 2.24) is 14.8 Å². The van der Waals surface area contributed by atoms with Gasteiger partial charge in [0.1, 0.15) is 5.82 Å². The molecule has 0 amide bonds. The predicted octanol–water partition coefficient (Wildman–Crippen LogP) is 7.35. The van der Waals surface area contributed by atoms with Crippen LogP contribution in [0, 0.1) is 19.7 Å². The van der Waals surface area contributed by atoms with Crippen molar-refractivity contribution in [3.8, 4) is 27.5 Å². The molecule has 0 radical (unpaired) electrons. The van der Waals surface area contributed by atoms with Gasteiger partial charge in [-0.15, -0.1) is 11.8 Å². The summed E-state index contributed by atoms with van der Waals surface area (Å²) in [6, 6.07) is 9.98. The number of thioether (sulfide) groups is 1. The van der Waals surface area contributed by atoms with Gasteiger partial charge in [0.15, 0.2) is 0 Å². The van der Waals surface area contributed by atoms with Crippen LogP contribution >= 0.6 is 23.1 Å². The lowest BCUT2D eigenvalue weighted by Gasteiger charge is -2.08. The van der Waals surface area contributed by atoms with Gasteiger partial charge in [0.05, 0.1) is 21.2 Å². The molecule has 2 heterocycles. The molecule has 4 aromatic rings. The van der Waals surface area contributed by atoms with E-state index in [0.717, 1.165) is 33.2 Å². The van der Waals surface area contributed by atoms with Crippen LogP contribution in [0.2, 0.25) is 0 Å². The molecule has 2 aromatic heterocycles. The fraction of sp³-hybridized carbons (Fsp3) is 0.240. The summed E-state index contributed by atoms with van der Waals surface area (Å²) >= 11 is 3.05. The van der Waals surface area contributed by atoms with Gasteiger partial charge in [0, 0.05) is 22.6 Å². The highest BCUT2D eigenvalue weighted by Gasteiger charge is 2.30. The molecular weight excluding hydrogens is 514 g/mol. The lowest BCUT2D eigenvalue weighted by atomic mass is 10.0. The fourth-order valence-electron chi connectivity index (χ4n) is 3.34. The van der Waals surface area contributed by atoms with Crippen molar-refractivity contribution in [3.05, 3.63) is 71.3 Å². The van der Waals surface area contributed by atoms with E-state index in [-0.39, 0.29) is 17.2 Å². The van der Waals surface area contributed by atoms with Crippen molar-refractivity contribution in [2.75, 3.05) is 0 Å². The number of alkyl halides is 3. The maximum Gasteiger partial charge on any atom is 0.416 e. The third-order valence-electron chi connectivity index (χ3n) is 4.98. The molecule has 0 aliphatic carbocycles. The lowest BCUT2D eigenvalue weighted by Crippen LogP contribution is -2.04. The van der Waals surface area contributed by atoms with E-state index in [4.69, 9.17) is 14.6 Å². The van der Waals surface area contributed by atoms with E-state index < -0.39 is 11.7 Å². The minimum Gasteiger partial charge on any atom is -0.217 e. The molecule has 0 aliphatic rings. The Kier molecular flexibility index (Phi) is 8.50. The van der Waals surface area contributed by atoms with E-state index in [1.165, 1.54) is 29.5 Å². The van der Waals surface area contributed by atoms with Crippen molar-refractivity contribution < 1.29 is 27.2 Å². The van der Waals surface area contributed by atoms with Gasteiger partial charge in [-0.05, 0) is 49.2 Å². The predicted molar refractivity (Wildman–Crippen MR) is 131 cm³/mol. The van der Waals surface area contributed by atoms with E-state index in [1.54, 1.807) is 35.5 Å². The molecule has 36 heavy (non-hydrogen) atoms. The number of thiazole rings is 1. The zero-order valence-corrected chi connectivity index (χ0v) is 21.3. The van der Waals surface area contributed by atoms with Crippen LogP contribution in [-0.2, 0) is 15.8 Å². The smallest absolute Gasteiger partial charge is 0.217 e. The number of aromatic nitrogens is 3. The van der Waals surface area contributed by atoms with Crippen molar-refractivity contribution in [1.29, 1.82) is 0 Å². The molecule has 0 aliphatic heterocycles. The molecule has 0 saturated heterocycles. The number of hydrogen-bond donors (Lipinski definition) is 0. The molecule has 0 spiro atoms. The molecule has 4 rings (SSSR count). The minimum atomic E-state index is -4.39. The van der Waals surface area contributed by atoms with Crippen molar-refractivity contribution in [2.45, 2.75) is 43.3 Å². The summed E-state index contributed by atoms with van der Waals surface area (Å²) in [5, 5.41) is 5.48. The van der Waals surface area contributed by atoms with E-state index in [1.807, 2.05) is 27.0 Å². The van der Waals surface area contributed by atoms with Crippen LogP contribution in [-0.4, -0.2) is 26.2 Å². The topological polar surface area (TPSA) is 64.8 Å². The average molecular weight is 536 g/mol. The second-order valence-electron chi connectivity index (χ2n) is 7.99. The number of rotatable bonds is 5. The summed E-state index contributed by atoms with van der Waals surface area (Å²) < 4.78 is 55.2. The highest BCUT2D eigenvalue weighted by Crippen LogP contribution is 2.40. The summed E-state index contributed by atoms with van der Waals surface area (Å²) in [6.07, 6.45) is -2.29. The van der Waals surface area contributed by atoms with Gasteiger partial charge in [-0.1, -0.05) is 43.4 Å². The Balaban J connectivity index is 0.00000115. The summed E-state index contributed by atoms with van der Waals surface area (Å²) in [6.45, 7) is 7.69. The Bertz CT molecular complexity index is 1390. The van der Waals surface area contributed by atoms with Crippen LogP contribution < -0.4 is 0 Å². The third-order valence-corrected chi connectivity index (χ3v) is 7.23. The van der Waals surface area contributed by atoms with Crippen molar-refractivity contribution in [2.24, 2.45) is 0 Å². The summed E-state index contributed by atoms with van der Waals surface area (Å²) in [7, 11) is 0. The van der Waals surface area contributed by atoms with Crippen LogP contribution in [0.15, 0.2) is 52.9 Å². The van der Waals surface area contributed by atoms with Gasteiger partial charge in [-0.3, -0.25) is 0 Å². The third kappa shape index (κ3) is 6.29. The SMILES string of the molecule is Cc1cc(-c2cn(-c3nc(-c4ccc(C(F)(F)F)cc4)c(SC(C)C)s3)nc2C)ccc1F.O=C=O. The van der Waals surface area contributed by atoms with E-state index in [2.05, 4.69) is 5.10 Å². The molecule has 0 bridgehead atoms. The average Bonchev–Trinajstić information content (AvgIpc) is 3.39. The Hall–Kier alpha value is -3.27. The highest BCUT2D eigenvalue weighted by molar-refractivity contribution is 8.01. The van der Waals surface area contributed by atoms with Gasteiger partial charge >= 0.3 is 12.3 Å². The van der Waals surface area contributed by atoms with Crippen molar-refractivity contribution in [3.63, 3.8) is 0 Å². The van der Waals surface area contributed by atoms with Crippen LogP contribution in [0.1, 0.15) is 30.7 Å². The Morgan fingerprint density at radius 2 is 1.64 bits per heavy atom. The first kappa shape index (κ1) is 27.3. The zero-order valence-electron chi connectivity index (χ0n) is 19.7. The zero-order chi connectivity index (χ0) is 26.6. The van der Waals surface area contributed by atoms with E-state index in [0.29, 0.717) is 22.0 Å². The van der Waals surface area contributed by atoms with Crippen LogP contribution in [0.5, 0.6) is 0 Å². The molecule has 0 N–H and O–H groups in total. The lowest BCUT2D eigenvalue weighted by molar-refractivity contribution is -0.191. The first-order chi connectivity index (χ1) is 16.9. The molecular formula is C25H21F4N3O2S2. The molecule has 2 aromatic carbocycles. The number of hydrogen-bond acceptors (Lipinski definition) is 6. The van der Waals surface area contributed by atoms with Crippen molar-refractivity contribution >= 4 is 29.3 Å². The summed E-state index contributed by atoms with van der Waals surface area (Å²) in [4.78, 5) is 21.0. The number of benzene rings is 2. The van der Waals surface area contributed by atoms with Crippen LogP contribution in [0.25, 0.3) is 27.5 Å². The van der Waals surface area contributed by atoms with E-state index >= 15 is 0 Å². The number of nitrogens with zero attached hydrogens (tertiary/aromatic N) is 3. The first-order valence-electron chi connectivity index (χ1n) is 10.6. The van der Waals surface area contributed by atoms with Crippen LogP contribution in [0.3, 0.4) is 0 Å². The molecule has 11 heteroatoms. The van der Waals surface area contributed by atoms with Gasteiger partial charge < -0.3 is 0 Å². The Morgan fingerprint density at radius 3 is 2.19 bits per heavy atom. The van der Waals surface area contributed by atoms with Gasteiger partial charge in [0.25, 0.3) is 0 Å². The first-order valence-corrected chi connectivity index (χ1v) is 12.3. The monoisotopic (exact) mass is 535 g/mol. The second-order valence-corrected chi connectivity index (χ2v) is 10.8. The molecule has 188 valence electrons. The Morgan fingerprint density at radius 1 is 1.03 bits per heavy atom. The molecule has 0 atom stereocenters. The summed E-state index contributed by atoms with van der Waals surface area (Å²) in [5.74, 6) is -0.264. The van der Waals surface area contributed by atoms with E-state index in [9.17, 15) is 17.6 Å². The number of carbonyl (C=O) groups excluding carboxylic acids is 2. The van der Waals surface area contributed by atoms with Crippen LogP contribution in [0.4, 0.5) is 17.6 Å². The number of aryl methyl sites for hydroxylation is 2. The maximum absolute atomic E-state index is 13.7. The standard InChI is InChI=1S/C24H21F4N3S2.CO2/c1-13(2)32-22-21(16-5-8-18(9-6-16)24(26,27)28)29-23(33-22)31-12-19(15(4)30-31)17-7-10-20(25)14(3)11-17;2-1-3/h5-13H,1-4H3;. The molecule has 0 fully saturated rings. The molecule has 0 unspecified atom stereocenters. The molecule has 0 saturated carbocycles. The minimum absolute atomic E-state index is 0.250. The fourth-order valence-corrected chi connectivity index (χ4v) is 5.79. The quantitative estimate of drug-likeness (QED) is 0.197. The Labute approximate surface area is 213 Å². The number of halogens is 4. The normalized spacial score (nSPS) is 11.2. The summed E-state index contributed by atoms with van der Waals surface area (Å²) in [5.41, 5.74) is 3.60. The second kappa shape index (κ2) is 11.2. The van der Waals surface area contributed by atoms with Gasteiger partial charge in [-0.2, -0.15) is 27.9 Å². The van der Waals surface area contributed by atoms with Gasteiger partial charge in [0.2, 0.25) is 5.13 Å². The molecule has 5 nitrogen and oxygen atoms in total. The largest absolute Gasteiger partial charge is 0.416 e. The highest BCUT2D eigenvalue weighted by atomic mass is 32.2. The maximum atomic E-state index is 13.7. The van der Waals surface area contributed by atoms with Gasteiger partial charge in [-0.25, -0.2) is 14.1 Å².